The van der Waals surface area contributed by atoms with Crippen molar-refractivity contribution in [3.8, 4) is 0 Å². The van der Waals surface area contributed by atoms with E-state index >= 15 is 0 Å². The summed E-state index contributed by atoms with van der Waals surface area (Å²) in [6.07, 6.45) is -0.441. The van der Waals surface area contributed by atoms with Crippen molar-refractivity contribution in [1.82, 2.24) is 0 Å². The van der Waals surface area contributed by atoms with Crippen LogP contribution in [-0.4, -0.2) is 21.2 Å². The molecule has 4 aromatic rings. The molecule has 5 rings (SSSR count). The van der Waals surface area contributed by atoms with Gasteiger partial charge in [0.1, 0.15) is 6.10 Å². The summed E-state index contributed by atoms with van der Waals surface area (Å²) in [4.78, 5) is 11.1. The molecule has 0 bridgehead atoms. The number of hydrogen-bond acceptors (Lipinski definition) is 4. The number of rotatable bonds is 1. The van der Waals surface area contributed by atoms with E-state index in [0.717, 1.165) is 38.1 Å². The lowest BCUT2D eigenvalue weighted by Gasteiger charge is -2.28. The SMILES string of the molecule is O=[N+]([O-])c1ccc2ccc3cc4c(c5ccc1c2c35)CCC(O)C4O. The van der Waals surface area contributed by atoms with Crippen molar-refractivity contribution in [2.45, 2.75) is 25.0 Å². The summed E-state index contributed by atoms with van der Waals surface area (Å²) in [6.45, 7) is 0. The minimum Gasteiger partial charge on any atom is -0.390 e. The molecule has 1 aliphatic carbocycles. The summed E-state index contributed by atoms with van der Waals surface area (Å²) in [5, 5.41) is 37.2. The third-order valence-corrected chi connectivity index (χ3v) is 5.48. The van der Waals surface area contributed by atoms with Crippen LogP contribution in [0.15, 0.2) is 42.5 Å². The Bertz CT molecular complexity index is 1170. The minimum absolute atomic E-state index is 0.107. The van der Waals surface area contributed by atoms with Gasteiger partial charge in [0.15, 0.2) is 0 Å². The third-order valence-electron chi connectivity index (χ3n) is 5.48. The molecule has 1 aliphatic rings. The maximum atomic E-state index is 11.4. The Balaban J connectivity index is 1.99. The number of aliphatic hydroxyl groups excluding tert-OH is 2. The third kappa shape index (κ3) is 1.85. The molecule has 4 aromatic carbocycles. The summed E-state index contributed by atoms with van der Waals surface area (Å²) in [6, 6.07) is 12.9. The predicted octanol–water partition coefficient (Wildman–Crippen LogP) is 3.83. The highest BCUT2D eigenvalue weighted by atomic mass is 16.6. The number of aryl methyl sites for hydroxylation is 1. The minimum atomic E-state index is -0.889. The first-order valence-corrected chi connectivity index (χ1v) is 8.30. The Morgan fingerprint density at radius 2 is 1.64 bits per heavy atom. The standard InChI is InChI=1S/C20H15NO4/c22-17-8-6-12-13-4-5-14-16(21(24)25)7-3-10-1-2-11(19(13)18(10)14)9-15(12)20(17)23/h1-5,7,9,17,20,22-23H,6,8H2. The van der Waals surface area contributed by atoms with E-state index in [-0.39, 0.29) is 10.6 Å². The van der Waals surface area contributed by atoms with Gasteiger partial charge in [-0.25, -0.2) is 0 Å². The number of hydrogen-bond donors (Lipinski definition) is 2. The van der Waals surface area contributed by atoms with Crippen LogP contribution in [0.4, 0.5) is 5.69 Å². The fraction of sp³-hybridized carbons (Fsp3) is 0.200. The maximum absolute atomic E-state index is 11.4. The van der Waals surface area contributed by atoms with E-state index in [9.17, 15) is 20.3 Å². The van der Waals surface area contributed by atoms with Crippen LogP contribution in [-0.2, 0) is 6.42 Å². The summed E-state index contributed by atoms with van der Waals surface area (Å²) >= 11 is 0. The first kappa shape index (κ1) is 14.6. The van der Waals surface area contributed by atoms with Crippen molar-refractivity contribution in [3.05, 3.63) is 63.7 Å². The van der Waals surface area contributed by atoms with Crippen molar-refractivity contribution < 1.29 is 15.1 Å². The topological polar surface area (TPSA) is 83.6 Å². The molecule has 0 amide bonds. The molecule has 0 saturated carbocycles. The van der Waals surface area contributed by atoms with E-state index in [1.165, 1.54) is 0 Å². The molecule has 2 N–H and O–H groups in total. The summed E-state index contributed by atoms with van der Waals surface area (Å²) < 4.78 is 0. The first-order chi connectivity index (χ1) is 12.1. The van der Waals surface area contributed by atoms with Crippen LogP contribution < -0.4 is 0 Å². The van der Waals surface area contributed by atoms with Gasteiger partial charge in [-0.15, -0.1) is 0 Å². The highest BCUT2D eigenvalue weighted by molar-refractivity contribution is 6.25. The van der Waals surface area contributed by atoms with Crippen LogP contribution in [0.1, 0.15) is 23.7 Å². The molecule has 0 heterocycles. The molecule has 0 spiro atoms. The molecule has 2 atom stereocenters. The number of nitrogens with zero attached hydrogens (tertiary/aromatic N) is 1. The summed E-state index contributed by atoms with van der Waals surface area (Å²) in [7, 11) is 0. The molecule has 0 aliphatic heterocycles. The Morgan fingerprint density at radius 1 is 0.960 bits per heavy atom. The molecule has 2 unspecified atom stereocenters. The van der Waals surface area contributed by atoms with Crippen molar-refractivity contribution in [2.24, 2.45) is 0 Å². The lowest BCUT2D eigenvalue weighted by molar-refractivity contribution is -0.383. The van der Waals surface area contributed by atoms with Crippen molar-refractivity contribution in [3.63, 3.8) is 0 Å². The molecule has 0 aromatic heterocycles. The number of fused-ring (bicyclic) bond motifs is 2. The van der Waals surface area contributed by atoms with Gasteiger partial charge in [-0.1, -0.05) is 18.2 Å². The van der Waals surface area contributed by atoms with Crippen molar-refractivity contribution >= 4 is 38.0 Å². The molecular weight excluding hydrogens is 318 g/mol. The lowest BCUT2D eigenvalue weighted by atomic mass is 9.81. The second kappa shape index (κ2) is 4.88. The Hall–Kier alpha value is -2.76. The van der Waals surface area contributed by atoms with E-state index in [4.69, 9.17) is 0 Å². The zero-order chi connectivity index (χ0) is 17.3. The van der Waals surface area contributed by atoms with Crippen LogP contribution >= 0.6 is 0 Å². The van der Waals surface area contributed by atoms with Gasteiger partial charge in [-0.3, -0.25) is 10.1 Å². The van der Waals surface area contributed by atoms with Crippen LogP contribution in [0.25, 0.3) is 32.3 Å². The van der Waals surface area contributed by atoms with Crippen molar-refractivity contribution in [2.75, 3.05) is 0 Å². The van der Waals surface area contributed by atoms with Gasteiger partial charge in [-0.05, 0) is 63.7 Å². The average molecular weight is 333 g/mol. The first-order valence-electron chi connectivity index (χ1n) is 8.30. The number of nitro benzene ring substituents is 1. The second-order valence-corrected chi connectivity index (χ2v) is 6.76. The van der Waals surface area contributed by atoms with E-state index in [1.807, 2.05) is 24.3 Å². The summed E-state index contributed by atoms with van der Waals surface area (Å²) in [5.74, 6) is 0. The molecular formula is C20H15NO4. The number of non-ortho nitro benzene ring substituents is 1. The molecule has 124 valence electrons. The van der Waals surface area contributed by atoms with Gasteiger partial charge < -0.3 is 10.2 Å². The Morgan fingerprint density at radius 3 is 2.44 bits per heavy atom. The van der Waals surface area contributed by atoms with Crippen LogP contribution in [0.3, 0.4) is 0 Å². The fourth-order valence-corrected chi connectivity index (χ4v) is 4.30. The summed E-state index contributed by atoms with van der Waals surface area (Å²) in [5.41, 5.74) is 1.90. The highest BCUT2D eigenvalue weighted by Crippen LogP contribution is 2.43. The van der Waals surface area contributed by atoms with E-state index in [1.54, 1.807) is 18.2 Å². The lowest BCUT2D eigenvalue weighted by Crippen LogP contribution is -2.25. The molecule has 5 nitrogen and oxygen atoms in total. The number of benzene rings is 4. The smallest absolute Gasteiger partial charge is 0.277 e. The van der Waals surface area contributed by atoms with Gasteiger partial charge in [0.05, 0.1) is 16.4 Å². The Labute approximate surface area is 142 Å². The van der Waals surface area contributed by atoms with Gasteiger partial charge in [0.2, 0.25) is 0 Å². The van der Waals surface area contributed by atoms with Crippen LogP contribution in [0.2, 0.25) is 0 Å². The highest BCUT2D eigenvalue weighted by Gasteiger charge is 2.29. The fourth-order valence-electron chi connectivity index (χ4n) is 4.30. The molecule has 0 fully saturated rings. The zero-order valence-corrected chi connectivity index (χ0v) is 13.3. The largest absolute Gasteiger partial charge is 0.390 e. The van der Waals surface area contributed by atoms with Gasteiger partial charge >= 0.3 is 0 Å². The molecule has 0 saturated heterocycles. The van der Waals surface area contributed by atoms with Gasteiger partial charge in [-0.2, -0.15) is 0 Å². The monoisotopic (exact) mass is 333 g/mol. The molecule has 25 heavy (non-hydrogen) atoms. The van der Waals surface area contributed by atoms with Gasteiger partial charge in [0.25, 0.3) is 5.69 Å². The van der Waals surface area contributed by atoms with Crippen LogP contribution in [0.5, 0.6) is 0 Å². The van der Waals surface area contributed by atoms with E-state index < -0.39 is 12.2 Å². The van der Waals surface area contributed by atoms with E-state index in [0.29, 0.717) is 18.2 Å². The van der Waals surface area contributed by atoms with Gasteiger partial charge in [0, 0.05) is 11.5 Å². The van der Waals surface area contributed by atoms with E-state index in [2.05, 4.69) is 0 Å². The Kier molecular flexibility index (Phi) is 2.84. The number of nitro groups is 1. The molecule has 5 heteroatoms. The predicted molar refractivity (Wildman–Crippen MR) is 96.1 cm³/mol. The molecule has 0 radical (unpaired) electrons. The maximum Gasteiger partial charge on any atom is 0.277 e. The second-order valence-electron chi connectivity index (χ2n) is 6.76. The zero-order valence-electron chi connectivity index (χ0n) is 13.3. The van der Waals surface area contributed by atoms with Crippen LogP contribution in [0, 0.1) is 10.1 Å². The quantitative estimate of drug-likeness (QED) is 0.315. The number of aliphatic hydroxyl groups is 2. The normalized spacial score (nSPS) is 20.4. The van der Waals surface area contributed by atoms with Crippen molar-refractivity contribution in [1.29, 1.82) is 0 Å². The average Bonchev–Trinajstić information content (AvgIpc) is 2.62.